The fourth-order valence-corrected chi connectivity index (χ4v) is 1.04. The first-order chi connectivity index (χ1) is 6.16. The highest BCUT2D eigenvalue weighted by Gasteiger charge is 2.13. The van der Waals surface area contributed by atoms with Crippen LogP contribution in [0.15, 0.2) is 17.1 Å². The van der Waals surface area contributed by atoms with Crippen LogP contribution in [0.3, 0.4) is 0 Å². The summed E-state index contributed by atoms with van der Waals surface area (Å²) in [5.41, 5.74) is 0.310. The number of carbonyl (C=O) groups is 1. The second kappa shape index (κ2) is 3.89. The van der Waals surface area contributed by atoms with Crippen LogP contribution >= 0.6 is 0 Å². The Labute approximate surface area is 75.5 Å². The third kappa shape index (κ3) is 1.96. The highest BCUT2D eigenvalue weighted by atomic mass is 16.5. The Hall–Kier alpha value is -1.58. The second-order valence-corrected chi connectivity index (χ2v) is 2.56. The summed E-state index contributed by atoms with van der Waals surface area (Å²) in [7, 11) is 0. The Morgan fingerprint density at radius 2 is 2.31 bits per heavy atom. The van der Waals surface area contributed by atoms with Gasteiger partial charge in [0.15, 0.2) is 5.43 Å². The molecule has 0 radical (unpaired) electrons. The number of aryl methyl sites for hydroxylation is 1. The number of esters is 1. The molecule has 1 aromatic heterocycles. The van der Waals surface area contributed by atoms with Crippen LogP contribution in [0.2, 0.25) is 0 Å². The number of nitrogens with one attached hydrogen (secondary N) is 1. The van der Waals surface area contributed by atoms with Gasteiger partial charge in [-0.15, -0.1) is 0 Å². The molecular weight excluding hydrogens is 170 g/mol. The molecular formula is C9H11NO3. The van der Waals surface area contributed by atoms with Gasteiger partial charge in [-0.25, -0.2) is 4.79 Å². The number of hydrogen-bond donors (Lipinski definition) is 1. The number of carbonyl (C=O) groups excluding carboxylic acids is 1. The number of H-pyrrole nitrogens is 1. The normalized spacial score (nSPS) is 9.69. The van der Waals surface area contributed by atoms with Crippen molar-refractivity contribution in [2.45, 2.75) is 13.8 Å². The summed E-state index contributed by atoms with van der Waals surface area (Å²) < 4.78 is 4.73. The first-order valence-corrected chi connectivity index (χ1v) is 4.02. The summed E-state index contributed by atoms with van der Waals surface area (Å²) >= 11 is 0. The number of pyridine rings is 1. The molecule has 13 heavy (non-hydrogen) atoms. The molecule has 0 aliphatic heterocycles. The van der Waals surface area contributed by atoms with E-state index >= 15 is 0 Å². The van der Waals surface area contributed by atoms with Crippen molar-refractivity contribution >= 4 is 5.97 Å². The first-order valence-electron chi connectivity index (χ1n) is 4.02. The minimum atomic E-state index is -0.568. The molecule has 70 valence electrons. The molecule has 0 amide bonds. The van der Waals surface area contributed by atoms with Crippen LogP contribution in [-0.2, 0) is 4.74 Å². The van der Waals surface area contributed by atoms with Gasteiger partial charge in [-0.2, -0.15) is 0 Å². The molecule has 4 heteroatoms. The lowest BCUT2D eigenvalue weighted by Crippen LogP contribution is -2.19. The van der Waals surface area contributed by atoms with Gasteiger partial charge >= 0.3 is 5.97 Å². The minimum Gasteiger partial charge on any atom is -0.462 e. The molecule has 0 fully saturated rings. The van der Waals surface area contributed by atoms with E-state index in [1.807, 2.05) is 0 Å². The van der Waals surface area contributed by atoms with Crippen LogP contribution < -0.4 is 5.43 Å². The molecule has 0 saturated heterocycles. The van der Waals surface area contributed by atoms with E-state index in [2.05, 4.69) is 4.98 Å². The highest BCUT2D eigenvalue weighted by Crippen LogP contribution is 1.99. The highest BCUT2D eigenvalue weighted by molar-refractivity contribution is 5.90. The van der Waals surface area contributed by atoms with Gasteiger partial charge in [0, 0.05) is 18.0 Å². The summed E-state index contributed by atoms with van der Waals surface area (Å²) in [6.07, 6.45) is 1.50. The Morgan fingerprint density at radius 3 is 2.85 bits per heavy atom. The predicted octanol–water partition coefficient (Wildman–Crippen LogP) is 0.860. The van der Waals surface area contributed by atoms with E-state index in [4.69, 9.17) is 4.74 Å². The summed E-state index contributed by atoms with van der Waals surface area (Å²) in [6.45, 7) is 3.63. The number of aromatic nitrogens is 1. The zero-order chi connectivity index (χ0) is 9.84. The zero-order valence-corrected chi connectivity index (χ0v) is 7.59. The SMILES string of the molecule is CCOC(=O)c1c(C)[nH]ccc1=O. The molecule has 0 saturated carbocycles. The van der Waals surface area contributed by atoms with E-state index in [9.17, 15) is 9.59 Å². The van der Waals surface area contributed by atoms with E-state index in [-0.39, 0.29) is 17.6 Å². The average molecular weight is 181 g/mol. The van der Waals surface area contributed by atoms with Gasteiger partial charge in [0.25, 0.3) is 0 Å². The van der Waals surface area contributed by atoms with E-state index in [0.717, 1.165) is 0 Å². The summed E-state index contributed by atoms with van der Waals surface area (Å²) in [4.78, 5) is 25.3. The van der Waals surface area contributed by atoms with Crippen molar-refractivity contribution in [1.29, 1.82) is 0 Å². The molecule has 0 unspecified atom stereocenters. The Bertz CT molecular complexity index is 367. The van der Waals surface area contributed by atoms with Crippen molar-refractivity contribution < 1.29 is 9.53 Å². The van der Waals surface area contributed by atoms with Gasteiger partial charge in [0.2, 0.25) is 0 Å². The molecule has 0 aliphatic carbocycles. The maximum Gasteiger partial charge on any atom is 0.343 e. The van der Waals surface area contributed by atoms with Gasteiger partial charge in [-0.05, 0) is 13.8 Å². The fraction of sp³-hybridized carbons (Fsp3) is 0.333. The smallest absolute Gasteiger partial charge is 0.343 e. The van der Waals surface area contributed by atoms with Crippen molar-refractivity contribution in [3.05, 3.63) is 33.7 Å². The van der Waals surface area contributed by atoms with E-state index in [0.29, 0.717) is 5.69 Å². The molecule has 0 spiro atoms. The third-order valence-electron chi connectivity index (χ3n) is 1.64. The van der Waals surface area contributed by atoms with Gasteiger partial charge in [-0.1, -0.05) is 0 Å². The van der Waals surface area contributed by atoms with Crippen LogP contribution in [0.1, 0.15) is 23.0 Å². The largest absolute Gasteiger partial charge is 0.462 e. The van der Waals surface area contributed by atoms with E-state index in [1.54, 1.807) is 13.8 Å². The average Bonchev–Trinajstić information content (AvgIpc) is 2.04. The molecule has 0 atom stereocenters. The summed E-state index contributed by atoms with van der Waals surface area (Å²) in [5.74, 6) is -0.568. The lowest BCUT2D eigenvalue weighted by atomic mass is 10.2. The molecule has 1 rings (SSSR count). The Kier molecular flexibility index (Phi) is 2.84. The lowest BCUT2D eigenvalue weighted by Gasteiger charge is -2.02. The minimum absolute atomic E-state index is 0.0874. The maximum atomic E-state index is 11.2. The molecule has 4 nitrogen and oxygen atoms in total. The van der Waals surface area contributed by atoms with Crippen molar-refractivity contribution in [2.75, 3.05) is 6.61 Å². The number of ether oxygens (including phenoxy) is 1. The number of aromatic amines is 1. The number of rotatable bonds is 2. The maximum absolute atomic E-state index is 11.2. The van der Waals surface area contributed by atoms with E-state index in [1.165, 1.54) is 12.3 Å². The van der Waals surface area contributed by atoms with Gasteiger partial charge in [0.1, 0.15) is 5.56 Å². The van der Waals surface area contributed by atoms with Crippen LogP contribution in [0.4, 0.5) is 0 Å². The lowest BCUT2D eigenvalue weighted by molar-refractivity contribution is 0.0523. The van der Waals surface area contributed by atoms with Gasteiger partial charge in [0.05, 0.1) is 6.61 Å². The van der Waals surface area contributed by atoms with Gasteiger partial charge < -0.3 is 9.72 Å². The van der Waals surface area contributed by atoms with Crippen LogP contribution in [0.5, 0.6) is 0 Å². The summed E-state index contributed by atoms with van der Waals surface area (Å²) in [5, 5.41) is 0. The monoisotopic (exact) mass is 181 g/mol. The van der Waals surface area contributed by atoms with Gasteiger partial charge in [-0.3, -0.25) is 4.79 Å². The van der Waals surface area contributed by atoms with Crippen molar-refractivity contribution in [2.24, 2.45) is 0 Å². The quantitative estimate of drug-likeness (QED) is 0.688. The summed E-state index contributed by atoms with van der Waals surface area (Å²) in [6, 6.07) is 1.30. The second-order valence-electron chi connectivity index (χ2n) is 2.56. The third-order valence-corrected chi connectivity index (χ3v) is 1.64. The first kappa shape index (κ1) is 9.51. The molecule has 1 aromatic rings. The van der Waals surface area contributed by atoms with Crippen molar-refractivity contribution in [3.63, 3.8) is 0 Å². The van der Waals surface area contributed by atoms with Crippen molar-refractivity contribution in [1.82, 2.24) is 4.98 Å². The van der Waals surface area contributed by atoms with Crippen LogP contribution in [0.25, 0.3) is 0 Å². The Balaban J connectivity index is 3.13. The zero-order valence-electron chi connectivity index (χ0n) is 7.59. The molecule has 0 bridgehead atoms. The number of hydrogen-bond acceptors (Lipinski definition) is 3. The van der Waals surface area contributed by atoms with Crippen molar-refractivity contribution in [3.8, 4) is 0 Å². The fourth-order valence-electron chi connectivity index (χ4n) is 1.04. The van der Waals surface area contributed by atoms with E-state index < -0.39 is 5.97 Å². The predicted molar refractivity (Wildman–Crippen MR) is 47.8 cm³/mol. The molecule has 1 N–H and O–H groups in total. The standard InChI is InChI=1S/C9H11NO3/c1-3-13-9(12)8-6(2)10-5-4-7(8)11/h4-5H,3H2,1-2H3,(H,10,11). The topological polar surface area (TPSA) is 59.2 Å². The molecule has 0 aliphatic rings. The van der Waals surface area contributed by atoms with Crippen LogP contribution in [-0.4, -0.2) is 17.6 Å². The molecule has 0 aromatic carbocycles. The molecule has 1 heterocycles. The Morgan fingerprint density at radius 1 is 1.62 bits per heavy atom. The van der Waals surface area contributed by atoms with Crippen LogP contribution in [0, 0.1) is 6.92 Å².